The summed E-state index contributed by atoms with van der Waals surface area (Å²) in [5, 5.41) is 9.80. The molecule has 0 unspecified atom stereocenters. The Labute approximate surface area is 91.4 Å². The molecule has 0 radical (unpaired) electrons. The van der Waals surface area contributed by atoms with Crippen LogP contribution >= 0.6 is 11.6 Å². The smallest absolute Gasteiger partial charge is 0.316 e. The number of hydrogen-bond donors (Lipinski definition) is 0. The molecule has 5 nitrogen and oxygen atoms in total. The molecule has 6 heteroatoms. The molecule has 0 saturated carbocycles. The van der Waals surface area contributed by atoms with E-state index in [1.165, 1.54) is 17.0 Å². The molecule has 1 amide bonds. The van der Waals surface area contributed by atoms with Crippen molar-refractivity contribution in [3.05, 3.63) is 39.9 Å². The van der Waals surface area contributed by atoms with E-state index in [9.17, 15) is 14.9 Å². The highest BCUT2D eigenvalue weighted by molar-refractivity contribution is 6.62. The maximum Gasteiger partial charge on any atom is 0.316 e. The summed E-state index contributed by atoms with van der Waals surface area (Å²) in [7, 11) is 1.55. The monoisotopic (exact) mass is 228 g/mol. The fourth-order valence-electron chi connectivity index (χ4n) is 1.06. The van der Waals surface area contributed by atoms with Gasteiger partial charge in [0.1, 0.15) is 0 Å². The fourth-order valence-corrected chi connectivity index (χ4v) is 1.12. The Morgan fingerprint density at radius 3 is 2.40 bits per heavy atom. The number of nitrogens with zero attached hydrogens (tertiary/aromatic N) is 2. The van der Waals surface area contributed by atoms with Gasteiger partial charge in [0.2, 0.25) is 0 Å². The lowest BCUT2D eigenvalue weighted by Crippen LogP contribution is -2.19. The van der Waals surface area contributed by atoms with Crippen LogP contribution in [-0.4, -0.2) is 22.2 Å². The van der Waals surface area contributed by atoms with E-state index in [0.717, 1.165) is 5.56 Å². The summed E-state index contributed by atoms with van der Waals surface area (Å²) in [5.74, 6) is 0. The predicted molar refractivity (Wildman–Crippen MR) is 55.8 cm³/mol. The maximum absolute atomic E-state index is 10.7. The molecule has 0 bridgehead atoms. The van der Waals surface area contributed by atoms with Crippen molar-refractivity contribution in [2.24, 2.45) is 0 Å². The Morgan fingerprint density at radius 1 is 1.47 bits per heavy atom. The number of nitro groups is 1. The van der Waals surface area contributed by atoms with E-state index in [2.05, 4.69) is 0 Å². The van der Waals surface area contributed by atoms with Gasteiger partial charge in [-0.1, -0.05) is 12.1 Å². The number of rotatable bonds is 3. The first-order valence-electron chi connectivity index (χ1n) is 4.14. The number of benzene rings is 1. The minimum atomic E-state index is -0.562. The van der Waals surface area contributed by atoms with Crippen molar-refractivity contribution in [2.75, 3.05) is 7.05 Å². The minimum Gasteiger partial charge on any atom is -0.328 e. The van der Waals surface area contributed by atoms with Crippen LogP contribution in [0.2, 0.25) is 0 Å². The quantitative estimate of drug-likeness (QED) is 0.345. The number of hydrogen-bond acceptors (Lipinski definition) is 3. The van der Waals surface area contributed by atoms with Gasteiger partial charge in [-0.25, -0.2) is 0 Å². The van der Waals surface area contributed by atoms with Gasteiger partial charge in [-0.2, -0.15) is 0 Å². The van der Waals surface area contributed by atoms with E-state index in [0.29, 0.717) is 6.54 Å². The van der Waals surface area contributed by atoms with Crippen molar-refractivity contribution in [1.82, 2.24) is 4.90 Å². The van der Waals surface area contributed by atoms with Gasteiger partial charge in [0.25, 0.3) is 5.69 Å². The lowest BCUT2D eigenvalue weighted by molar-refractivity contribution is -0.384. The summed E-state index contributed by atoms with van der Waals surface area (Å²) in [4.78, 5) is 21.9. The zero-order valence-electron chi connectivity index (χ0n) is 8.01. The molecule has 0 heterocycles. The van der Waals surface area contributed by atoms with Crippen molar-refractivity contribution in [1.29, 1.82) is 0 Å². The molecule has 0 saturated heterocycles. The van der Waals surface area contributed by atoms with Gasteiger partial charge in [-0.15, -0.1) is 0 Å². The van der Waals surface area contributed by atoms with Gasteiger partial charge in [0.05, 0.1) is 4.92 Å². The highest BCUT2D eigenvalue weighted by Gasteiger charge is 2.07. The Hall–Kier alpha value is -1.62. The second kappa shape index (κ2) is 4.75. The number of halogens is 1. The number of carbonyl (C=O) groups excluding carboxylic acids is 1. The molecule has 0 aliphatic carbocycles. The lowest BCUT2D eigenvalue weighted by atomic mass is 10.2. The van der Waals surface area contributed by atoms with Crippen LogP contribution in [-0.2, 0) is 6.54 Å². The van der Waals surface area contributed by atoms with Crippen LogP contribution in [0.25, 0.3) is 0 Å². The van der Waals surface area contributed by atoms with Gasteiger partial charge in [0, 0.05) is 25.7 Å². The normalized spacial score (nSPS) is 9.73. The first kappa shape index (κ1) is 11.5. The van der Waals surface area contributed by atoms with E-state index in [4.69, 9.17) is 11.6 Å². The Kier molecular flexibility index (Phi) is 3.62. The van der Waals surface area contributed by atoms with Crippen LogP contribution in [0.4, 0.5) is 10.5 Å². The van der Waals surface area contributed by atoms with Crippen LogP contribution in [0.1, 0.15) is 5.56 Å². The summed E-state index contributed by atoms with van der Waals surface area (Å²) >= 11 is 5.24. The summed E-state index contributed by atoms with van der Waals surface area (Å²) in [6.45, 7) is 0.334. The summed E-state index contributed by atoms with van der Waals surface area (Å²) in [5.41, 5.74) is 0.815. The first-order chi connectivity index (χ1) is 7.00. The molecule has 0 N–H and O–H groups in total. The Balaban J connectivity index is 2.72. The second-order valence-corrected chi connectivity index (χ2v) is 3.36. The van der Waals surface area contributed by atoms with Crippen molar-refractivity contribution >= 4 is 22.7 Å². The number of non-ortho nitro benzene ring substituents is 1. The third kappa shape index (κ3) is 3.21. The maximum atomic E-state index is 10.7. The van der Waals surface area contributed by atoms with Crippen molar-refractivity contribution in [2.45, 2.75) is 6.54 Å². The molecule has 0 fully saturated rings. The first-order valence-corrected chi connectivity index (χ1v) is 4.52. The largest absolute Gasteiger partial charge is 0.328 e. The molecule has 0 spiro atoms. The van der Waals surface area contributed by atoms with Gasteiger partial charge in [-0.05, 0) is 17.2 Å². The summed E-state index contributed by atoms with van der Waals surface area (Å²) < 4.78 is 0. The average Bonchev–Trinajstić information content (AvgIpc) is 2.18. The summed E-state index contributed by atoms with van der Waals surface area (Å²) in [6, 6.07) is 5.96. The van der Waals surface area contributed by atoms with Crippen molar-refractivity contribution < 1.29 is 9.72 Å². The molecule has 0 aliphatic heterocycles. The topological polar surface area (TPSA) is 63.4 Å². The summed E-state index contributed by atoms with van der Waals surface area (Å²) in [6.07, 6.45) is 0. The molecule has 1 rings (SSSR count). The molecule has 80 valence electrons. The van der Waals surface area contributed by atoms with E-state index in [1.807, 2.05) is 0 Å². The van der Waals surface area contributed by atoms with E-state index >= 15 is 0 Å². The third-order valence-corrected chi connectivity index (χ3v) is 2.16. The van der Waals surface area contributed by atoms with Gasteiger partial charge >= 0.3 is 5.37 Å². The second-order valence-electron chi connectivity index (χ2n) is 3.03. The lowest BCUT2D eigenvalue weighted by Gasteiger charge is -2.12. The average molecular weight is 229 g/mol. The van der Waals surface area contributed by atoms with E-state index in [1.54, 1.807) is 19.2 Å². The highest BCUT2D eigenvalue weighted by Crippen LogP contribution is 2.13. The zero-order valence-corrected chi connectivity index (χ0v) is 8.77. The molecule has 1 aromatic rings. The molecule has 1 aromatic carbocycles. The van der Waals surface area contributed by atoms with E-state index in [-0.39, 0.29) is 5.69 Å². The van der Waals surface area contributed by atoms with Crippen LogP contribution in [0.15, 0.2) is 24.3 Å². The van der Waals surface area contributed by atoms with Crippen LogP contribution < -0.4 is 0 Å². The van der Waals surface area contributed by atoms with Crippen molar-refractivity contribution in [3.8, 4) is 0 Å². The van der Waals surface area contributed by atoms with Crippen LogP contribution in [0, 0.1) is 10.1 Å². The van der Waals surface area contributed by atoms with Crippen molar-refractivity contribution in [3.63, 3.8) is 0 Å². The molecular weight excluding hydrogens is 220 g/mol. The predicted octanol–water partition coefficient (Wildman–Crippen LogP) is 2.39. The number of amides is 1. The van der Waals surface area contributed by atoms with E-state index < -0.39 is 10.3 Å². The molecule has 0 atom stereocenters. The third-order valence-electron chi connectivity index (χ3n) is 1.87. The molecule has 15 heavy (non-hydrogen) atoms. The Bertz CT molecular complexity index is 377. The standard InChI is InChI=1S/C9H9ClN2O3/c1-11(9(10)13)6-7-2-4-8(5-3-7)12(14)15/h2-5H,6H2,1H3. The van der Waals surface area contributed by atoms with Gasteiger partial charge in [0.15, 0.2) is 0 Å². The zero-order chi connectivity index (χ0) is 11.4. The molecule has 0 aromatic heterocycles. The molecule has 0 aliphatic rings. The minimum absolute atomic E-state index is 0.0265. The SMILES string of the molecule is CN(Cc1ccc([N+](=O)[O-])cc1)C(=O)Cl. The Morgan fingerprint density at radius 2 is 2.00 bits per heavy atom. The number of carbonyl (C=O) groups is 1. The van der Waals surface area contributed by atoms with Crippen LogP contribution in [0.5, 0.6) is 0 Å². The van der Waals surface area contributed by atoms with Gasteiger partial charge < -0.3 is 4.90 Å². The van der Waals surface area contributed by atoms with Gasteiger partial charge in [-0.3, -0.25) is 14.9 Å². The number of nitro benzene ring substituents is 1. The highest BCUT2D eigenvalue weighted by atomic mass is 35.5. The van der Waals surface area contributed by atoms with Crippen LogP contribution in [0.3, 0.4) is 0 Å². The fraction of sp³-hybridized carbons (Fsp3) is 0.222. The molecular formula is C9H9ClN2O3.